The fourth-order valence-electron chi connectivity index (χ4n) is 2.90. The van der Waals surface area contributed by atoms with Crippen LogP contribution < -0.4 is 0 Å². The van der Waals surface area contributed by atoms with Crippen molar-refractivity contribution in [2.24, 2.45) is 0 Å². The molecule has 21 heavy (non-hydrogen) atoms. The normalized spacial score (nSPS) is 26.0. The van der Waals surface area contributed by atoms with Crippen molar-refractivity contribution in [3.63, 3.8) is 0 Å². The number of aromatic carboxylic acids is 1. The molecule has 2 unspecified atom stereocenters. The van der Waals surface area contributed by atoms with Crippen LogP contribution in [-0.4, -0.2) is 62.7 Å². The highest BCUT2D eigenvalue weighted by Crippen LogP contribution is 2.23. The lowest BCUT2D eigenvalue weighted by Gasteiger charge is -2.33. The van der Waals surface area contributed by atoms with E-state index in [9.17, 15) is 9.59 Å². The van der Waals surface area contributed by atoms with Gasteiger partial charge in [0.15, 0.2) is 5.69 Å². The van der Waals surface area contributed by atoms with Crippen molar-refractivity contribution in [3.8, 4) is 0 Å². The summed E-state index contributed by atoms with van der Waals surface area (Å²) in [5.74, 6) is -1.06. The molecule has 3 heterocycles. The van der Waals surface area contributed by atoms with E-state index >= 15 is 0 Å². The highest BCUT2D eigenvalue weighted by atomic mass is 16.5. The van der Waals surface area contributed by atoms with E-state index < -0.39 is 5.97 Å². The van der Waals surface area contributed by atoms with Gasteiger partial charge in [-0.1, -0.05) is 5.21 Å². The Morgan fingerprint density at radius 3 is 2.86 bits per heavy atom. The highest BCUT2D eigenvalue weighted by Gasteiger charge is 2.32. The van der Waals surface area contributed by atoms with Gasteiger partial charge in [-0.3, -0.25) is 4.79 Å². The number of carbonyl (C=O) groups is 2. The van der Waals surface area contributed by atoms with Crippen LogP contribution >= 0.6 is 0 Å². The molecule has 1 aromatic rings. The van der Waals surface area contributed by atoms with Gasteiger partial charge >= 0.3 is 5.97 Å². The predicted molar refractivity (Wildman–Crippen MR) is 70.8 cm³/mol. The maximum absolute atomic E-state index is 12.4. The molecule has 0 spiro atoms. The van der Waals surface area contributed by atoms with E-state index in [1.54, 1.807) is 9.58 Å². The quantitative estimate of drug-likeness (QED) is 0.862. The highest BCUT2D eigenvalue weighted by molar-refractivity contribution is 5.84. The predicted octanol–water partition coefficient (Wildman–Crippen LogP) is 0.319. The van der Waals surface area contributed by atoms with Crippen molar-refractivity contribution in [2.45, 2.75) is 37.8 Å². The fraction of sp³-hybridized carbons (Fsp3) is 0.692. The number of nitrogens with zero attached hydrogens (tertiary/aromatic N) is 4. The van der Waals surface area contributed by atoms with Crippen molar-refractivity contribution in [2.75, 3.05) is 19.7 Å². The van der Waals surface area contributed by atoms with Crippen molar-refractivity contribution in [3.05, 3.63) is 11.9 Å². The molecule has 0 radical (unpaired) electrons. The maximum atomic E-state index is 12.4. The van der Waals surface area contributed by atoms with Crippen molar-refractivity contribution in [1.82, 2.24) is 19.9 Å². The van der Waals surface area contributed by atoms with Crippen LogP contribution in [0.2, 0.25) is 0 Å². The van der Waals surface area contributed by atoms with Crippen LogP contribution in [0.3, 0.4) is 0 Å². The van der Waals surface area contributed by atoms with E-state index in [0.717, 1.165) is 32.2 Å². The number of hydrogen-bond donors (Lipinski definition) is 1. The Bertz CT molecular complexity index is 538. The zero-order chi connectivity index (χ0) is 14.8. The number of hydrogen-bond acceptors (Lipinski definition) is 5. The first kappa shape index (κ1) is 14.0. The minimum atomic E-state index is -1.09. The van der Waals surface area contributed by atoms with Crippen LogP contribution in [0.25, 0.3) is 0 Å². The van der Waals surface area contributed by atoms with Crippen LogP contribution in [0.5, 0.6) is 0 Å². The Labute approximate surface area is 121 Å². The van der Waals surface area contributed by atoms with Crippen molar-refractivity contribution in [1.29, 1.82) is 0 Å². The molecule has 2 fully saturated rings. The largest absolute Gasteiger partial charge is 0.476 e. The molecule has 0 saturated carbocycles. The van der Waals surface area contributed by atoms with Crippen LogP contribution in [0.4, 0.5) is 0 Å². The molecule has 1 aromatic heterocycles. The van der Waals surface area contributed by atoms with E-state index in [2.05, 4.69) is 10.3 Å². The molecule has 2 saturated heterocycles. The second kappa shape index (κ2) is 5.80. The Kier molecular flexibility index (Phi) is 3.87. The Morgan fingerprint density at radius 1 is 1.33 bits per heavy atom. The average Bonchev–Trinajstić information content (AvgIpc) is 3.18. The van der Waals surface area contributed by atoms with Gasteiger partial charge < -0.3 is 14.7 Å². The zero-order valence-corrected chi connectivity index (χ0v) is 11.6. The standard InChI is InChI=1S/C13H18N4O4/c18-12(11-4-2-6-21-11)16-5-1-3-9(7-16)17-8-10(13(19)20)14-15-17/h8-9,11H,1-7H2,(H,19,20). The summed E-state index contributed by atoms with van der Waals surface area (Å²) >= 11 is 0. The monoisotopic (exact) mass is 294 g/mol. The van der Waals surface area contributed by atoms with Crippen molar-refractivity contribution < 1.29 is 19.4 Å². The molecule has 1 amide bonds. The summed E-state index contributed by atoms with van der Waals surface area (Å²) in [5.41, 5.74) is -0.0717. The van der Waals surface area contributed by atoms with Gasteiger partial charge in [0.05, 0.1) is 12.2 Å². The molecule has 0 aromatic carbocycles. The lowest BCUT2D eigenvalue weighted by Crippen LogP contribution is -2.45. The van der Waals surface area contributed by atoms with Crippen LogP contribution in [0.15, 0.2) is 6.20 Å². The number of rotatable bonds is 3. The van der Waals surface area contributed by atoms with E-state index in [1.807, 2.05) is 0 Å². The molecular formula is C13H18N4O4. The smallest absolute Gasteiger partial charge is 0.358 e. The summed E-state index contributed by atoms with van der Waals surface area (Å²) < 4.78 is 6.99. The Balaban J connectivity index is 1.67. The van der Waals surface area contributed by atoms with Gasteiger partial charge in [-0.05, 0) is 25.7 Å². The van der Waals surface area contributed by atoms with Gasteiger partial charge in [-0.25, -0.2) is 9.48 Å². The number of aromatic nitrogens is 3. The van der Waals surface area contributed by atoms with Gasteiger partial charge in [0.1, 0.15) is 6.10 Å². The summed E-state index contributed by atoms with van der Waals surface area (Å²) in [4.78, 5) is 25.0. The topological polar surface area (TPSA) is 97.5 Å². The van der Waals surface area contributed by atoms with E-state index in [0.29, 0.717) is 13.2 Å². The Hall–Kier alpha value is -1.96. The lowest BCUT2D eigenvalue weighted by atomic mass is 10.0. The molecule has 0 aliphatic carbocycles. The number of carboxylic acid groups (broad SMARTS) is 1. The summed E-state index contributed by atoms with van der Waals surface area (Å²) in [6.07, 6.45) is 4.55. The number of likely N-dealkylation sites (tertiary alicyclic amines) is 1. The molecule has 2 atom stereocenters. The summed E-state index contributed by atoms with van der Waals surface area (Å²) in [6, 6.07) is -0.0234. The number of carbonyl (C=O) groups excluding carboxylic acids is 1. The molecule has 8 heteroatoms. The molecule has 2 aliphatic heterocycles. The number of amides is 1. The SMILES string of the molecule is O=C(O)c1cn(C2CCCN(C(=O)C3CCCO3)C2)nn1. The maximum Gasteiger partial charge on any atom is 0.358 e. The third-order valence-corrected chi connectivity index (χ3v) is 4.02. The summed E-state index contributed by atoms with van der Waals surface area (Å²) in [6.45, 7) is 1.90. The average molecular weight is 294 g/mol. The van der Waals surface area contributed by atoms with Gasteiger partial charge in [-0.2, -0.15) is 0 Å². The third kappa shape index (κ3) is 2.90. The summed E-state index contributed by atoms with van der Waals surface area (Å²) in [5, 5.41) is 16.4. The number of carboxylic acids is 1. The fourth-order valence-corrected chi connectivity index (χ4v) is 2.90. The molecule has 1 N–H and O–H groups in total. The number of ether oxygens (including phenoxy) is 1. The molecule has 8 nitrogen and oxygen atoms in total. The van der Waals surface area contributed by atoms with Crippen LogP contribution in [0.1, 0.15) is 42.2 Å². The van der Waals surface area contributed by atoms with E-state index in [-0.39, 0.29) is 23.7 Å². The molecule has 114 valence electrons. The van der Waals surface area contributed by atoms with Crippen LogP contribution in [-0.2, 0) is 9.53 Å². The first-order valence-corrected chi connectivity index (χ1v) is 7.20. The van der Waals surface area contributed by atoms with Gasteiger partial charge in [0.2, 0.25) is 0 Å². The minimum Gasteiger partial charge on any atom is -0.476 e. The summed E-state index contributed by atoms with van der Waals surface area (Å²) in [7, 11) is 0. The third-order valence-electron chi connectivity index (χ3n) is 4.02. The first-order valence-electron chi connectivity index (χ1n) is 7.20. The molecular weight excluding hydrogens is 276 g/mol. The molecule has 2 aliphatic rings. The molecule has 3 rings (SSSR count). The number of piperidine rings is 1. The van der Waals surface area contributed by atoms with Crippen molar-refractivity contribution >= 4 is 11.9 Å². The second-order valence-corrected chi connectivity index (χ2v) is 5.47. The lowest BCUT2D eigenvalue weighted by molar-refractivity contribution is -0.142. The first-order chi connectivity index (χ1) is 10.1. The zero-order valence-electron chi connectivity index (χ0n) is 11.6. The van der Waals surface area contributed by atoms with Gasteiger partial charge in [-0.15, -0.1) is 5.10 Å². The minimum absolute atomic E-state index is 0.0234. The van der Waals surface area contributed by atoms with E-state index in [1.165, 1.54) is 6.20 Å². The Morgan fingerprint density at radius 2 is 2.19 bits per heavy atom. The molecule has 0 bridgehead atoms. The van der Waals surface area contributed by atoms with Gasteiger partial charge in [0.25, 0.3) is 5.91 Å². The van der Waals surface area contributed by atoms with Crippen LogP contribution in [0, 0.1) is 0 Å². The van der Waals surface area contributed by atoms with Gasteiger partial charge in [0, 0.05) is 19.7 Å². The second-order valence-electron chi connectivity index (χ2n) is 5.47. The van der Waals surface area contributed by atoms with E-state index in [4.69, 9.17) is 9.84 Å².